The number of carboxylic acid groups (broad SMARTS) is 1. The van der Waals surface area contributed by atoms with Gasteiger partial charge in [-0.05, 0) is 25.1 Å². The molecular weight excluding hydrogens is 300 g/mol. The second kappa shape index (κ2) is 7.14. The number of aliphatic carboxylic acids is 1. The number of nitrogens with one attached hydrogen (secondary N) is 2. The van der Waals surface area contributed by atoms with Crippen molar-refractivity contribution < 1.29 is 24.5 Å². The van der Waals surface area contributed by atoms with Gasteiger partial charge in [0.05, 0.1) is 24.8 Å². The first-order valence-corrected chi connectivity index (χ1v) is 6.44. The molecule has 7 nitrogen and oxygen atoms in total. The molecule has 0 spiro atoms. The van der Waals surface area contributed by atoms with Gasteiger partial charge in [-0.1, -0.05) is 11.6 Å². The van der Waals surface area contributed by atoms with E-state index < -0.39 is 24.0 Å². The number of rotatable bonds is 6. The molecule has 4 N–H and O–H groups in total. The average molecular weight is 317 g/mol. The second-order valence-corrected chi connectivity index (χ2v) is 5.16. The van der Waals surface area contributed by atoms with E-state index in [2.05, 4.69) is 10.6 Å². The third kappa shape index (κ3) is 5.88. The number of methoxy groups -OCH3 is 1. The van der Waals surface area contributed by atoms with Crippen LogP contribution in [0.2, 0.25) is 5.02 Å². The molecule has 116 valence electrons. The van der Waals surface area contributed by atoms with Crippen LogP contribution in [-0.4, -0.2) is 41.5 Å². The number of carboxylic acids is 1. The van der Waals surface area contributed by atoms with E-state index in [-0.39, 0.29) is 6.54 Å². The summed E-state index contributed by atoms with van der Waals surface area (Å²) in [6.45, 7) is 1.11. The zero-order valence-corrected chi connectivity index (χ0v) is 12.4. The van der Waals surface area contributed by atoms with Crippen molar-refractivity contribution >= 4 is 29.3 Å². The summed E-state index contributed by atoms with van der Waals surface area (Å²) in [7, 11) is 1.45. The Morgan fingerprint density at radius 3 is 2.67 bits per heavy atom. The lowest BCUT2D eigenvalue weighted by Gasteiger charge is -2.21. The van der Waals surface area contributed by atoms with Crippen molar-refractivity contribution in [2.75, 3.05) is 19.0 Å². The van der Waals surface area contributed by atoms with Crippen molar-refractivity contribution in [3.63, 3.8) is 0 Å². The molecule has 1 atom stereocenters. The van der Waals surface area contributed by atoms with Crippen LogP contribution < -0.4 is 15.4 Å². The lowest BCUT2D eigenvalue weighted by molar-refractivity contribution is -0.141. The van der Waals surface area contributed by atoms with Gasteiger partial charge in [-0.2, -0.15) is 0 Å². The highest BCUT2D eigenvalue weighted by Gasteiger charge is 2.24. The SMILES string of the molecule is COc1ccc(Cl)cc1NC(=O)NCC(C)(O)CC(=O)O. The molecule has 0 saturated carbocycles. The minimum absolute atomic E-state index is 0.214. The van der Waals surface area contributed by atoms with Gasteiger partial charge in [0.25, 0.3) is 0 Å². The summed E-state index contributed by atoms with van der Waals surface area (Å²) in [5.41, 5.74) is -1.18. The van der Waals surface area contributed by atoms with Crippen molar-refractivity contribution in [1.29, 1.82) is 0 Å². The number of halogens is 1. The molecule has 2 amide bonds. The van der Waals surface area contributed by atoms with E-state index in [1.165, 1.54) is 20.1 Å². The second-order valence-electron chi connectivity index (χ2n) is 4.72. The van der Waals surface area contributed by atoms with Crippen molar-refractivity contribution in [2.24, 2.45) is 0 Å². The Balaban J connectivity index is 2.62. The number of carbonyl (C=O) groups is 2. The molecule has 8 heteroatoms. The first kappa shape index (κ1) is 17.1. The summed E-state index contributed by atoms with van der Waals surface area (Å²) in [6, 6.07) is 4.11. The minimum Gasteiger partial charge on any atom is -0.495 e. The van der Waals surface area contributed by atoms with Crippen LogP contribution in [0.25, 0.3) is 0 Å². The standard InChI is InChI=1S/C13H17ClN2O5/c1-13(20,6-11(17)18)7-15-12(19)16-9-5-8(14)3-4-10(9)21-2/h3-5,20H,6-7H2,1-2H3,(H,17,18)(H2,15,16,19). The summed E-state index contributed by atoms with van der Waals surface area (Å²) in [5.74, 6) is -0.731. The van der Waals surface area contributed by atoms with Crippen LogP contribution >= 0.6 is 11.6 Å². The summed E-state index contributed by atoms with van der Waals surface area (Å²) in [6.07, 6.45) is -0.478. The summed E-state index contributed by atoms with van der Waals surface area (Å²) >= 11 is 5.83. The van der Waals surface area contributed by atoms with Crippen molar-refractivity contribution in [2.45, 2.75) is 18.9 Å². The number of amides is 2. The number of aliphatic hydroxyl groups is 1. The zero-order valence-electron chi connectivity index (χ0n) is 11.6. The Hall–Kier alpha value is -1.99. The smallest absolute Gasteiger partial charge is 0.319 e. The fourth-order valence-corrected chi connectivity index (χ4v) is 1.78. The van der Waals surface area contributed by atoms with Gasteiger partial charge in [-0.3, -0.25) is 4.79 Å². The summed E-state index contributed by atoms with van der Waals surface area (Å²) in [4.78, 5) is 22.3. The average Bonchev–Trinajstić information content (AvgIpc) is 2.35. The number of carbonyl (C=O) groups excluding carboxylic acids is 1. The third-order valence-electron chi connectivity index (χ3n) is 2.57. The number of hydrogen-bond donors (Lipinski definition) is 4. The zero-order chi connectivity index (χ0) is 16.0. The van der Waals surface area contributed by atoms with E-state index >= 15 is 0 Å². The van der Waals surface area contributed by atoms with Crippen molar-refractivity contribution in [1.82, 2.24) is 5.32 Å². The molecular formula is C13H17ClN2O5. The maximum absolute atomic E-state index is 11.7. The Bertz CT molecular complexity index is 533. The Labute approximate surface area is 126 Å². The van der Waals surface area contributed by atoms with Crippen LogP contribution in [0.5, 0.6) is 5.75 Å². The lowest BCUT2D eigenvalue weighted by atomic mass is 10.0. The van der Waals surface area contributed by atoms with Gasteiger partial charge in [-0.25, -0.2) is 4.79 Å². The molecule has 1 aromatic rings. The summed E-state index contributed by atoms with van der Waals surface area (Å²) < 4.78 is 5.07. The van der Waals surface area contributed by atoms with Crippen molar-refractivity contribution in [3.05, 3.63) is 23.2 Å². The number of hydrogen-bond acceptors (Lipinski definition) is 4. The molecule has 0 aliphatic rings. The molecule has 21 heavy (non-hydrogen) atoms. The monoisotopic (exact) mass is 316 g/mol. The molecule has 1 rings (SSSR count). The molecule has 1 aromatic carbocycles. The van der Waals surface area contributed by atoms with E-state index in [4.69, 9.17) is 21.4 Å². The predicted molar refractivity (Wildman–Crippen MR) is 77.9 cm³/mol. The largest absolute Gasteiger partial charge is 0.495 e. The van der Waals surface area contributed by atoms with Gasteiger partial charge in [0, 0.05) is 11.6 Å². The highest BCUT2D eigenvalue weighted by Crippen LogP contribution is 2.27. The topological polar surface area (TPSA) is 108 Å². The Kier molecular flexibility index (Phi) is 5.80. The quantitative estimate of drug-likeness (QED) is 0.639. The highest BCUT2D eigenvalue weighted by atomic mass is 35.5. The molecule has 1 unspecified atom stereocenters. The minimum atomic E-state index is -1.54. The molecule has 0 bridgehead atoms. The van der Waals surface area contributed by atoms with Crippen LogP contribution in [0.15, 0.2) is 18.2 Å². The Morgan fingerprint density at radius 1 is 1.43 bits per heavy atom. The van der Waals surface area contributed by atoms with Gasteiger partial charge < -0.3 is 25.6 Å². The molecule has 0 aromatic heterocycles. The van der Waals surface area contributed by atoms with Crippen LogP contribution in [0.3, 0.4) is 0 Å². The molecule has 0 aliphatic heterocycles. The van der Waals surface area contributed by atoms with Gasteiger partial charge in [-0.15, -0.1) is 0 Å². The molecule has 0 fully saturated rings. The first-order valence-electron chi connectivity index (χ1n) is 6.06. The van der Waals surface area contributed by atoms with Crippen LogP contribution in [0, 0.1) is 0 Å². The normalized spacial score (nSPS) is 13.1. The first-order chi connectivity index (χ1) is 9.73. The maximum atomic E-state index is 11.7. The number of urea groups is 1. The number of anilines is 1. The van der Waals surface area contributed by atoms with E-state index in [0.29, 0.717) is 16.5 Å². The molecule has 0 aliphatic carbocycles. The molecule has 0 radical (unpaired) electrons. The summed E-state index contributed by atoms with van der Waals surface area (Å²) in [5, 5.41) is 23.7. The lowest BCUT2D eigenvalue weighted by Crippen LogP contribution is -2.43. The molecule has 0 saturated heterocycles. The number of benzene rings is 1. The van der Waals surface area contributed by atoms with Crippen LogP contribution in [0.1, 0.15) is 13.3 Å². The van der Waals surface area contributed by atoms with Crippen LogP contribution in [-0.2, 0) is 4.79 Å². The van der Waals surface area contributed by atoms with E-state index in [9.17, 15) is 14.7 Å². The van der Waals surface area contributed by atoms with E-state index in [0.717, 1.165) is 0 Å². The number of ether oxygens (including phenoxy) is 1. The Morgan fingerprint density at radius 2 is 2.10 bits per heavy atom. The van der Waals surface area contributed by atoms with Gasteiger partial charge in [0.1, 0.15) is 5.75 Å². The van der Waals surface area contributed by atoms with Crippen molar-refractivity contribution in [3.8, 4) is 5.75 Å². The predicted octanol–water partition coefficient (Wildman–Crippen LogP) is 1.70. The van der Waals surface area contributed by atoms with E-state index in [1.807, 2.05) is 0 Å². The fraction of sp³-hybridized carbons (Fsp3) is 0.385. The van der Waals surface area contributed by atoms with Gasteiger partial charge >= 0.3 is 12.0 Å². The fourth-order valence-electron chi connectivity index (χ4n) is 1.60. The van der Waals surface area contributed by atoms with Gasteiger partial charge in [0.15, 0.2) is 0 Å². The van der Waals surface area contributed by atoms with Crippen LogP contribution in [0.4, 0.5) is 10.5 Å². The van der Waals surface area contributed by atoms with Gasteiger partial charge in [0.2, 0.25) is 0 Å². The maximum Gasteiger partial charge on any atom is 0.319 e. The van der Waals surface area contributed by atoms with E-state index in [1.54, 1.807) is 12.1 Å². The highest BCUT2D eigenvalue weighted by molar-refractivity contribution is 6.31. The molecule has 0 heterocycles. The third-order valence-corrected chi connectivity index (χ3v) is 2.81.